The Balaban J connectivity index is 1.19. The highest BCUT2D eigenvalue weighted by Gasteiger charge is 2.24. The Kier molecular flexibility index (Phi) is 9.04. The molecule has 0 fully saturated rings. The van der Waals surface area contributed by atoms with Crippen LogP contribution < -0.4 is 4.90 Å². The molecule has 0 aliphatic heterocycles. The van der Waals surface area contributed by atoms with Crippen LogP contribution in [0.5, 0.6) is 0 Å². The van der Waals surface area contributed by atoms with Gasteiger partial charge in [0.2, 0.25) is 0 Å². The molecule has 11 aromatic rings. The molecule has 0 heterocycles. The van der Waals surface area contributed by atoms with Gasteiger partial charge in [-0.15, -0.1) is 0 Å². The van der Waals surface area contributed by atoms with Crippen molar-refractivity contribution in [2.45, 2.75) is 12.8 Å². The van der Waals surface area contributed by atoms with E-state index in [1.807, 2.05) is 0 Å². The second-order valence-corrected chi connectivity index (χ2v) is 16.7. The van der Waals surface area contributed by atoms with Gasteiger partial charge in [-0.1, -0.05) is 200 Å². The van der Waals surface area contributed by atoms with Gasteiger partial charge in [-0.2, -0.15) is 0 Å². The van der Waals surface area contributed by atoms with Gasteiger partial charge in [-0.05, 0) is 143 Å². The zero-order valence-electron chi connectivity index (χ0n) is 34.9. The number of rotatable bonds is 7. The van der Waals surface area contributed by atoms with Gasteiger partial charge in [-0.25, -0.2) is 0 Å². The Morgan fingerprint density at radius 3 is 1.75 bits per heavy atom. The lowest BCUT2D eigenvalue weighted by atomic mass is 9.81. The standard InChI is InChI=1S/C62H43N/c1-4-19-44(20-5-1)56-41-57(45-21-6-2-7-22-45)61-54-34-15-14-33-53(54)58-40-49(37-38-55(58)62(61)60(56)46-25-8-3-9-26-46)63(59-36-18-28-43-24-11-13-32-52(43)59)48-30-16-29-47(39-48)51-35-17-27-42-23-10-12-31-50(42)51/h1-9,11-22,24-41H,10,23H2. The lowest BCUT2D eigenvalue weighted by Crippen LogP contribution is -2.11. The summed E-state index contributed by atoms with van der Waals surface area (Å²) in [6.45, 7) is 0. The van der Waals surface area contributed by atoms with Crippen LogP contribution in [0.25, 0.3) is 93.7 Å². The highest BCUT2D eigenvalue weighted by molar-refractivity contribution is 6.33. The molecule has 0 amide bonds. The molecule has 63 heavy (non-hydrogen) atoms. The Labute approximate surface area is 368 Å². The maximum Gasteiger partial charge on any atom is 0.0540 e. The molecule has 0 saturated heterocycles. The summed E-state index contributed by atoms with van der Waals surface area (Å²) >= 11 is 0. The summed E-state index contributed by atoms with van der Waals surface area (Å²) in [6, 6.07) is 82.9. The third-order valence-electron chi connectivity index (χ3n) is 13.1. The molecule has 1 aliphatic rings. The molecule has 0 unspecified atom stereocenters. The van der Waals surface area contributed by atoms with E-state index >= 15 is 0 Å². The molecule has 0 N–H and O–H groups in total. The fraction of sp³-hybridized carbons (Fsp3) is 0.0323. The summed E-state index contributed by atoms with van der Waals surface area (Å²) in [5.74, 6) is 0. The smallest absolute Gasteiger partial charge is 0.0540 e. The third-order valence-corrected chi connectivity index (χ3v) is 13.1. The molecule has 0 saturated carbocycles. The molecule has 11 aromatic carbocycles. The SMILES string of the molecule is C1=Cc2c(cccc2-c2cccc(N(c3ccc4c(c3)c3ccccc3c3c(-c5ccccc5)cc(-c5ccccc5)c(-c5ccccc5)c43)c3cccc4ccccc34)c2)CC1. The van der Waals surface area contributed by atoms with Crippen molar-refractivity contribution in [3.63, 3.8) is 0 Å². The van der Waals surface area contributed by atoms with E-state index in [9.17, 15) is 0 Å². The first-order valence-corrected chi connectivity index (χ1v) is 22.1. The van der Waals surface area contributed by atoms with E-state index in [0.29, 0.717) is 0 Å². The quantitative estimate of drug-likeness (QED) is 0.145. The average molecular weight is 802 g/mol. The first kappa shape index (κ1) is 36.8. The van der Waals surface area contributed by atoms with Crippen molar-refractivity contribution < 1.29 is 0 Å². The number of allylic oxidation sites excluding steroid dienone is 1. The molecule has 12 rings (SSSR count). The van der Waals surface area contributed by atoms with E-state index in [-0.39, 0.29) is 0 Å². The minimum absolute atomic E-state index is 1.08. The summed E-state index contributed by atoms with van der Waals surface area (Å²) in [7, 11) is 0. The van der Waals surface area contributed by atoms with Gasteiger partial charge < -0.3 is 4.90 Å². The van der Waals surface area contributed by atoms with Crippen molar-refractivity contribution in [2.24, 2.45) is 0 Å². The fourth-order valence-electron chi connectivity index (χ4n) is 10.2. The van der Waals surface area contributed by atoms with Gasteiger partial charge in [0, 0.05) is 16.8 Å². The van der Waals surface area contributed by atoms with Crippen LogP contribution in [0.1, 0.15) is 17.5 Å². The molecule has 1 aliphatic carbocycles. The highest BCUT2D eigenvalue weighted by Crippen LogP contribution is 2.50. The topological polar surface area (TPSA) is 3.24 Å². The van der Waals surface area contributed by atoms with Gasteiger partial charge in [0.05, 0.1) is 5.69 Å². The average Bonchev–Trinajstić information content (AvgIpc) is 3.36. The molecule has 1 nitrogen and oxygen atoms in total. The van der Waals surface area contributed by atoms with Crippen LogP contribution >= 0.6 is 0 Å². The summed E-state index contributed by atoms with van der Waals surface area (Å²) in [5, 5.41) is 9.89. The van der Waals surface area contributed by atoms with Gasteiger partial charge in [0.25, 0.3) is 0 Å². The predicted octanol–water partition coefficient (Wildman–Crippen LogP) is 17.4. The van der Waals surface area contributed by atoms with Crippen LogP contribution in [-0.4, -0.2) is 0 Å². The summed E-state index contributed by atoms with van der Waals surface area (Å²) in [6.07, 6.45) is 6.80. The van der Waals surface area contributed by atoms with Crippen LogP contribution in [0, 0.1) is 0 Å². The number of aryl methyl sites for hydroxylation is 1. The largest absolute Gasteiger partial charge is 0.310 e. The van der Waals surface area contributed by atoms with E-state index in [1.54, 1.807) is 0 Å². The maximum atomic E-state index is 2.48. The van der Waals surface area contributed by atoms with Crippen LogP contribution in [0.15, 0.2) is 231 Å². The second-order valence-electron chi connectivity index (χ2n) is 16.7. The molecular weight excluding hydrogens is 759 g/mol. The van der Waals surface area contributed by atoms with Gasteiger partial charge in [0.15, 0.2) is 0 Å². The number of fused-ring (bicyclic) bond motifs is 8. The Hall–Kier alpha value is -8.00. The fourth-order valence-corrected chi connectivity index (χ4v) is 10.2. The Morgan fingerprint density at radius 2 is 0.952 bits per heavy atom. The van der Waals surface area contributed by atoms with Crippen molar-refractivity contribution in [2.75, 3.05) is 4.90 Å². The van der Waals surface area contributed by atoms with Crippen molar-refractivity contribution >= 4 is 66.2 Å². The first-order chi connectivity index (χ1) is 31.3. The lowest BCUT2D eigenvalue weighted by Gasteiger charge is -2.28. The molecule has 0 aromatic heterocycles. The predicted molar refractivity (Wildman–Crippen MR) is 270 cm³/mol. The number of anilines is 3. The van der Waals surface area contributed by atoms with Crippen LogP contribution in [-0.2, 0) is 6.42 Å². The number of benzene rings is 11. The van der Waals surface area contributed by atoms with Crippen molar-refractivity contribution in [1.29, 1.82) is 0 Å². The summed E-state index contributed by atoms with van der Waals surface area (Å²) in [4.78, 5) is 2.48. The second kappa shape index (κ2) is 15.5. The van der Waals surface area contributed by atoms with Crippen molar-refractivity contribution in [3.05, 3.63) is 242 Å². The number of nitrogens with zero attached hydrogens (tertiary/aromatic N) is 1. The van der Waals surface area contributed by atoms with E-state index in [2.05, 4.69) is 242 Å². The molecule has 296 valence electrons. The Bertz CT molecular complexity index is 3540. The zero-order valence-corrected chi connectivity index (χ0v) is 34.9. The minimum atomic E-state index is 1.08. The first-order valence-electron chi connectivity index (χ1n) is 22.1. The van der Waals surface area contributed by atoms with Gasteiger partial charge in [0.1, 0.15) is 0 Å². The summed E-state index contributed by atoms with van der Waals surface area (Å²) < 4.78 is 0. The zero-order chi connectivity index (χ0) is 41.7. The maximum absolute atomic E-state index is 2.48. The van der Waals surface area contributed by atoms with Crippen LogP contribution in [0.2, 0.25) is 0 Å². The summed E-state index contributed by atoms with van der Waals surface area (Å²) in [5.41, 5.74) is 15.9. The normalized spacial score (nSPS) is 12.3. The molecule has 1 heteroatoms. The van der Waals surface area contributed by atoms with Crippen LogP contribution in [0.3, 0.4) is 0 Å². The highest BCUT2D eigenvalue weighted by atomic mass is 15.1. The van der Waals surface area contributed by atoms with E-state index in [4.69, 9.17) is 0 Å². The molecule has 0 spiro atoms. The lowest BCUT2D eigenvalue weighted by molar-refractivity contribution is 0.986. The van der Waals surface area contributed by atoms with Gasteiger partial charge in [-0.3, -0.25) is 0 Å². The monoisotopic (exact) mass is 801 g/mol. The van der Waals surface area contributed by atoms with E-state index in [0.717, 1.165) is 29.9 Å². The van der Waals surface area contributed by atoms with E-state index in [1.165, 1.54) is 98.7 Å². The van der Waals surface area contributed by atoms with Crippen molar-refractivity contribution in [3.8, 4) is 44.5 Å². The Morgan fingerprint density at radius 1 is 0.349 bits per heavy atom. The molecule has 0 radical (unpaired) electrons. The minimum Gasteiger partial charge on any atom is -0.310 e. The van der Waals surface area contributed by atoms with Gasteiger partial charge >= 0.3 is 0 Å². The molecular formula is C62H43N. The molecule has 0 atom stereocenters. The number of hydrogen-bond donors (Lipinski definition) is 0. The number of hydrogen-bond acceptors (Lipinski definition) is 1. The van der Waals surface area contributed by atoms with Crippen molar-refractivity contribution in [1.82, 2.24) is 0 Å². The van der Waals surface area contributed by atoms with E-state index < -0.39 is 0 Å². The third kappa shape index (κ3) is 6.32. The van der Waals surface area contributed by atoms with Crippen LogP contribution in [0.4, 0.5) is 17.1 Å². The molecule has 0 bridgehead atoms.